The average molecular weight is 582 g/mol. The van der Waals surface area contributed by atoms with Crippen molar-refractivity contribution in [2.24, 2.45) is 13.0 Å². The van der Waals surface area contributed by atoms with Gasteiger partial charge in [-0.3, -0.25) is 4.68 Å². The highest BCUT2D eigenvalue weighted by molar-refractivity contribution is 5.52. The van der Waals surface area contributed by atoms with Crippen molar-refractivity contribution in [3.05, 3.63) is 59.0 Å². The molecule has 1 aliphatic carbocycles. The zero-order chi connectivity index (χ0) is 30.9. The van der Waals surface area contributed by atoms with E-state index in [1.165, 1.54) is 12.0 Å². The quantitative estimate of drug-likeness (QED) is 0.151. The van der Waals surface area contributed by atoms with Crippen molar-refractivity contribution in [2.75, 3.05) is 19.8 Å². The normalized spacial score (nSPS) is 17.8. The molecule has 1 N–H and O–H groups in total. The van der Waals surface area contributed by atoms with Gasteiger partial charge in [0.1, 0.15) is 18.1 Å². The molecule has 0 bridgehead atoms. The van der Waals surface area contributed by atoms with Crippen molar-refractivity contribution < 1.29 is 19.3 Å². The second kappa shape index (κ2) is 15.2. The summed E-state index contributed by atoms with van der Waals surface area (Å²) in [5.74, 6) is 1.42. The van der Waals surface area contributed by atoms with E-state index in [2.05, 4.69) is 77.5 Å². The van der Waals surface area contributed by atoms with Gasteiger partial charge in [0.2, 0.25) is 0 Å². The molecule has 1 aliphatic rings. The van der Waals surface area contributed by atoms with E-state index in [-0.39, 0.29) is 23.0 Å². The molecule has 0 aliphatic heterocycles. The lowest BCUT2D eigenvalue weighted by Crippen LogP contribution is -2.33. The van der Waals surface area contributed by atoms with E-state index in [9.17, 15) is 5.11 Å². The van der Waals surface area contributed by atoms with Crippen LogP contribution in [0.4, 0.5) is 0 Å². The van der Waals surface area contributed by atoms with Crippen LogP contribution in [0.25, 0.3) is 0 Å². The van der Waals surface area contributed by atoms with Gasteiger partial charge in [0.25, 0.3) is 0 Å². The number of hydrogen-bond acceptors (Lipinski definition) is 6. The number of ether oxygens (including phenoxy) is 3. The van der Waals surface area contributed by atoms with E-state index < -0.39 is 0 Å². The van der Waals surface area contributed by atoms with Crippen LogP contribution in [0.15, 0.2) is 42.1 Å². The molecule has 42 heavy (non-hydrogen) atoms. The molecule has 3 rings (SSSR count). The van der Waals surface area contributed by atoms with Crippen molar-refractivity contribution in [1.29, 1.82) is 0 Å². The van der Waals surface area contributed by atoms with Gasteiger partial charge in [0.15, 0.2) is 0 Å². The van der Waals surface area contributed by atoms with Crippen LogP contribution in [0.1, 0.15) is 110 Å². The second-order valence-electron chi connectivity index (χ2n) is 13.4. The van der Waals surface area contributed by atoms with Crippen LogP contribution in [-0.4, -0.2) is 51.1 Å². The standard InChI is InChI=1S/C35H55N3O4/c1-10-11-12-13-27-21-31(39)33(30-20-26(4)14-15-29(30)25(2)3)32(22-27)40-18-19-42-34(5,6)16-17-41-35(7,8)23-28-24-38(9)37-36-28/h20-22,24,29-30,39H,2,10-19,23H2,1,3-9H3. The molecule has 1 heterocycles. The van der Waals surface area contributed by atoms with Crippen LogP contribution >= 0.6 is 0 Å². The van der Waals surface area contributed by atoms with Gasteiger partial charge >= 0.3 is 0 Å². The van der Waals surface area contributed by atoms with E-state index in [1.54, 1.807) is 4.68 Å². The van der Waals surface area contributed by atoms with Gasteiger partial charge in [-0.05, 0) is 97.3 Å². The number of aryl methyl sites for hydroxylation is 2. The number of benzene rings is 1. The smallest absolute Gasteiger partial charge is 0.127 e. The molecule has 0 radical (unpaired) electrons. The topological polar surface area (TPSA) is 78.6 Å². The Balaban J connectivity index is 1.63. The fraction of sp³-hybridized carbons (Fsp3) is 0.657. The van der Waals surface area contributed by atoms with Crippen LogP contribution in [0, 0.1) is 5.92 Å². The minimum absolute atomic E-state index is 0.0515. The Hall–Kier alpha value is -2.64. The third-order valence-corrected chi connectivity index (χ3v) is 8.25. The summed E-state index contributed by atoms with van der Waals surface area (Å²) in [6, 6.07) is 4.08. The molecule has 7 nitrogen and oxygen atoms in total. The predicted molar refractivity (Wildman–Crippen MR) is 170 cm³/mol. The highest BCUT2D eigenvalue weighted by atomic mass is 16.5. The van der Waals surface area contributed by atoms with Crippen molar-refractivity contribution in [2.45, 2.75) is 117 Å². The number of aromatic nitrogens is 3. The Morgan fingerprint density at radius 2 is 1.83 bits per heavy atom. The van der Waals surface area contributed by atoms with E-state index in [4.69, 9.17) is 14.2 Å². The molecular formula is C35H55N3O4. The summed E-state index contributed by atoms with van der Waals surface area (Å²) in [6.07, 6.45) is 12.1. The lowest BCUT2D eigenvalue weighted by atomic mass is 9.73. The summed E-state index contributed by atoms with van der Waals surface area (Å²) in [7, 11) is 1.87. The maximum absolute atomic E-state index is 11.3. The Bertz CT molecular complexity index is 1200. The van der Waals surface area contributed by atoms with Gasteiger partial charge in [-0.25, -0.2) is 0 Å². The van der Waals surface area contributed by atoms with Crippen molar-refractivity contribution in [3.8, 4) is 11.5 Å². The van der Waals surface area contributed by atoms with Crippen LogP contribution in [0.5, 0.6) is 11.5 Å². The Kier molecular flexibility index (Phi) is 12.2. The van der Waals surface area contributed by atoms with Gasteiger partial charge in [0.05, 0.1) is 30.1 Å². The number of hydrogen-bond donors (Lipinski definition) is 1. The molecule has 234 valence electrons. The van der Waals surface area contributed by atoms with Crippen LogP contribution in [0.3, 0.4) is 0 Å². The predicted octanol–water partition coefficient (Wildman–Crippen LogP) is 7.87. The van der Waals surface area contributed by atoms with Gasteiger partial charge in [-0.2, -0.15) is 0 Å². The average Bonchev–Trinajstić information content (AvgIpc) is 3.29. The highest BCUT2D eigenvalue weighted by Crippen LogP contribution is 2.47. The molecule has 1 aromatic heterocycles. The number of nitrogens with zero attached hydrogens (tertiary/aromatic N) is 3. The summed E-state index contributed by atoms with van der Waals surface area (Å²) >= 11 is 0. The fourth-order valence-corrected chi connectivity index (χ4v) is 5.83. The van der Waals surface area contributed by atoms with Crippen molar-refractivity contribution >= 4 is 0 Å². The first kappa shape index (κ1) is 33.9. The maximum atomic E-state index is 11.3. The number of unbranched alkanes of at least 4 members (excludes halogenated alkanes) is 2. The summed E-state index contributed by atoms with van der Waals surface area (Å²) < 4.78 is 20.6. The molecule has 7 heteroatoms. The van der Waals surface area contributed by atoms with Crippen molar-refractivity contribution in [3.63, 3.8) is 0 Å². The fourth-order valence-electron chi connectivity index (χ4n) is 5.83. The minimum atomic E-state index is -0.368. The number of allylic oxidation sites excluding steroid dienone is 3. The first-order valence-corrected chi connectivity index (χ1v) is 15.7. The third kappa shape index (κ3) is 10.3. The third-order valence-electron chi connectivity index (χ3n) is 8.25. The lowest BCUT2D eigenvalue weighted by Gasteiger charge is -2.32. The molecule has 2 unspecified atom stereocenters. The zero-order valence-corrected chi connectivity index (χ0v) is 27.5. The summed E-state index contributed by atoms with van der Waals surface area (Å²) in [5.41, 5.74) is 4.69. The molecule has 0 saturated heterocycles. The van der Waals surface area contributed by atoms with Gasteiger partial charge in [-0.1, -0.05) is 48.8 Å². The Morgan fingerprint density at radius 1 is 1.10 bits per heavy atom. The molecule has 0 saturated carbocycles. The largest absolute Gasteiger partial charge is 0.507 e. The molecule has 0 fully saturated rings. The summed E-state index contributed by atoms with van der Waals surface area (Å²) in [6.45, 7) is 20.5. The molecule has 1 aromatic carbocycles. The highest BCUT2D eigenvalue weighted by Gasteiger charge is 2.31. The molecule has 2 atom stereocenters. The SMILES string of the molecule is C=C(C)C1CCC(C)=CC1c1c(O)cc(CCCCC)cc1OCCOC(C)(C)CCOC(C)(C)Cc1cn(C)nn1. The zero-order valence-electron chi connectivity index (χ0n) is 27.5. The summed E-state index contributed by atoms with van der Waals surface area (Å²) in [4.78, 5) is 0. The van der Waals surface area contributed by atoms with E-state index >= 15 is 0 Å². The molecular weight excluding hydrogens is 526 g/mol. The first-order valence-electron chi connectivity index (χ1n) is 15.7. The number of phenolic OH excluding ortho intramolecular Hbond substituents is 1. The number of aromatic hydroxyl groups is 1. The number of phenols is 1. The summed E-state index contributed by atoms with van der Waals surface area (Å²) in [5, 5.41) is 19.5. The van der Waals surface area contributed by atoms with Crippen LogP contribution in [-0.2, 0) is 29.4 Å². The van der Waals surface area contributed by atoms with Gasteiger partial charge in [0, 0.05) is 31.1 Å². The Labute approximate surface area is 254 Å². The molecule has 0 spiro atoms. The van der Waals surface area contributed by atoms with Gasteiger partial charge in [-0.15, -0.1) is 5.10 Å². The first-order chi connectivity index (χ1) is 19.8. The molecule has 0 amide bonds. The lowest BCUT2D eigenvalue weighted by molar-refractivity contribution is -0.0765. The van der Waals surface area contributed by atoms with E-state index in [0.29, 0.717) is 32.0 Å². The van der Waals surface area contributed by atoms with Crippen LogP contribution in [0.2, 0.25) is 0 Å². The minimum Gasteiger partial charge on any atom is -0.507 e. The molecule has 2 aromatic rings. The number of rotatable bonds is 17. The van der Waals surface area contributed by atoms with Gasteiger partial charge < -0.3 is 19.3 Å². The monoisotopic (exact) mass is 581 g/mol. The Morgan fingerprint density at radius 3 is 2.50 bits per heavy atom. The van der Waals surface area contributed by atoms with Crippen molar-refractivity contribution in [1.82, 2.24) is 15.0 Å². The second-order valence-corrected chi connectivity index (χ2v) is 13.4. The van der Waals surface area contributed by atoms with Crippen LogP contribution < -0.4 is 4.74 Å². The van der Waals surface area contributed by atoms with E-state index in [0.717, 1.165) is 66.7 Å². The maximum Gasteiger partial charge on any atom is 0.127 e. The van der Waals surface area contributed by atoms with E-state index in [1.807, 2.05) is 19.3 Å².